The highest BCUT2D eigenvalue weighted by Gasteiger charge is 2.36. The number of carbonyl (C=O) groups is 3. The standard InChI is InChI=1S/C24H23ClN2O5S/c1-5-6-16-9-15(10-19(31-3)22(16)32-4)11-20-23(29)27(24(30)33-20)13-21(28)26-17-8-7-14(2)18(25)12-17/h5,7-12H,1,6,13H2,2-4H3,(H,26,28)/b20-11-. The molecule has 3 amide bonds. The summed E-state index contributed by atoms with van der Waals surface area (Å²) in [4.78, 5) is 38.8. The number of nitrogens with zero attached hydrogens (tertiary/aromatic N) is 1. The molecule has 0 radical (unpaired) electrons. The molecule has 1 aliphatic heterocycles. The molecule has 3 rings (SSSR count). The van der Waals surface area contributed by atoms with Gasteiger partial charge in [-0.05, 0) is 66.6 Å². The van der Waals surface area contributed by atoms with Crippen LogP contribution in [0, 0.1) is 6.92 Å². The second kappa shape index (κ2) is 10.6. The summed E-state index contributed by atoms with van der Waals surface area (Å²) in [6.45, 7) is 5.20. The monoisotopic (exact) mass is 486 g/mol. The highest BCUT2D eigenvalue weighted by molar-refractivity contribution is 8.18. The first-order valence-corrected chi connectivity index (χ1v) is 11.1. The van der Waals surface area contributed by atoms with E-state index in [-0.39, 0.29) is 4.91 Å². The van der Waals surface area contributed by atoms with Crippen molar-refractivity contribution in [3.05, 3.63) is 69.6 Å². The number of rotatable bonds is 8. The van der Waals surface area contributed by atoms with Crippen LogP contribution in [0.4, 0.5) is 10.5 Å². The molecule has 0 unspecified atom stereocenters. The van der Waals surface area contributed by atoms with Crippen LogP contribution in [0.25, 0.3) is 6.08 Å². The van der Waals surface area contributed by atoms with Gasteiger partial charge in [0.05, 0.1) is 19.1 Å². The maximum absolute atomic E-state index is 12.8. The predicted octanol–water partition coefficient (Wildman–Crippen LogP) is 5.07. The van der Waals surface area contributed by atoms with Gasteiger partial charge >= 0.3 is 0 Å². The molecule has 2 aromatic carbocycles. The summed E-state index contributed by atoms with van der Waals surface area (Å²) in [7, 11) is 3.07. The number of amides is 3. The van der Waals surface area contributed by atoms with Gasteiger partial charge in [0.2, 0.25) is 5.91 Å². The maximum Gasteiger partial charge on any atom is 0.294 e. The summed E-state index contributed by atoms with van der Waals surface area (Å²) < 4.78 is 10.8. The van der Waals surface area contributed by atoms with Crippen molar-refractivity contribution in [2.75, 3.05) is 26.1 Å². The zero-order chi connectivity index (χ0) is 24.1. The van der Waals surface area contributed by atoms with E-state index in [9.17, 15) is 14.4 Å². The molecule has 0 bridgehead atoms. The summed E-state index contributed by atoms with van der Waals surface area (Å²) in [5.74, 6) is 0.0361. The maximum atomic E-state index is 12.8. The van der Waals surface area contributed by atoms with Gasteiger partial charge in [-0.15, -0.1) is 6.58 Å². The summed E-state index contributed by atoms with van der Waals surface area (Å²) in [5, 5.41) is 2.64. The number of halogens is 1. The number of nitrogens with one attached hydrogen (secondary N) is 1. The first-order valence-electron chi connectivity index (χ1n) is 9.94. The number of carbonyl (C=O) groups excluding carboxylic acids is 3. The second-order valence-electron chi connectivity index (χ2n) is 7.19. The molecule has 0 spiro atoms. The number of allylic oxidation sites excluding steroid dienone is 1. The Kier molecular flexibility index (Phi) is 7.84. The quantitative estimate of drug-likeness (QED) is 0.414. The summed E-state index contributed by atoms with van der Waals surface area (Å²) >= 11 is 6.86. The summed E-state index contributed by atoms with van der Waals surface area (Å²) in [6, 6.07) is 8.63. The summed E-state index contributed by atoms with van der Waals surface area (Å²) in [6.07, 6.45) is 3.86. The van der Waals surface area contributed by atoms with Crippen molar-refractivity contribution in [3.63, 3.8) is 0 Å². The normalized spacial score (nSPS) is 14.5. The molecule has 33 heavy (non-hydrogen) atoms. The molecule has 1 aliphatic rings. The van der Waals surface area contributed by atoms with E-state index < -0.39 is 23.6 Å². The van der Waals surface area contributed by atoms with Crippen molar-refractivity contribution in [3.8, 4) is 11.5 Å². The molecule has 7 nitrogen and oxygen atoms in total. The number of benzene rings is 2. The molecular weight excluding hydrogens is 464 g/mol. The van der Waals surface area contributed by atoms with Crippen molar-refractivity contribution in [1.82, 2.24) is 4.90 Å². The topological polar surface area (TPSA) is 84.9 Å². The van der Waals surface area contributed by atoms with E-state index in [1.54, 1.807) is 43.5 Å². The molecule has 1 fully saturated rings. The fourth-order valence-corrected chi connectivity index (χ4v) is 4.28. The minimum absolute atomic E-state index is 0.211. The number of anilines is 1. The Morgan fingerprint density at radius 1 is 1.21 bits per heavy atom. The van der Waals surface area contributed by atoms with Gasteiger partial charge in [0.25, 0.3) is 11.1 Å². The van der Waals surface area contributed by atoms with Crippen molar-refractivity contribution >= 4 is 52.2 Å². The highest BCUT2D eigenvalue weighted by Crippen LogP contribution is 2.37. The molecule has 0 saturated carbocycles. The Labute approximate surface area is 201 Å². The van der Waals surface area contributed by atoms with E-state index in [4.69, 9.17) is 21.1 Å². The van der Waals surface area contributed by atoms with E-state index in [1.807, 2.05) is 13.0 Å². The van der Waals surface area contributed by atoms with Crippen molar-refractivity contribution in [2.45, 2.75) is 13.3 Å². The van der Waals surface area contributed by atoms with Crippen LogP contribution in [0.2, 0.25) is 5.02 Å². The zero-order valence-electron chi connectivity index (χ0n) is 18.4. The van der Waals surface area contributed by atoms with Crippen LogP contribution in [0.1, 0.15) is 16.7 Å². The van der Waals surface area contributed by atoms with Gasteiger partial charge in [-0.2, -0.15) is 0 Å². The minimum Gasteiger partial charge on any atom is -0.493 e. The molecule has 1 heterocycles. The van der Waals surface area contributed by atoms with Crippen LogP contribution >= 0.6 is 23.4 Å². The lowest BCUT2D eigenvalue weighted by atomic mass is 10.0. The van der Waals surface area contributed by atoms with Crippen molar-refractivity contribution < 1.29 is 23.9 Å². The number of methoxy groups -OCH3 is 2. The first-order chi connectivity index (χ1) is 15.8. The second-order valence-corrected chi connectivity index (χ2v) is 8.59. The molecule has 2 aromatic rings. The zero-order valence-corrected chi connectivity index (χ0v) is 20.0. The van der Waals surface area contributed by atoms with Crippen LogP contribution in [0.3, 0.4) is 0 Å². The van der Waals surface area contributed by atoms with Crippen LogP contribution < -0.4 is 14.8 Å². The average Bonchev–Trinajstić information content (AvgIpc) is 3.03. The van der Waals surface area contributed by atoms with Gasteiger partial charge in [0, 0.05) is 16.3 Å². The van der Waals surface area contributed by atoms with Crippen molar-refractivity contribution in [1.29, 1.82) is 0 Å². The number of ether oxygens (including phenoxy) is 2. The third kappa shape index (κ3) is 5.58. The van der Waals surface area contributed by atoms with Crippen LogP contribution in [0.15, 0.2) is 47.9 Å². The largest absolute Gasteiger partial charge is 0.493 e. The third-order valence-corrected chi connectivity index (χ3v) is 6.19. The molecule has 0 aromatic heterocycles. The molecular formula is C24H23ClN2O5S. The third-order valence-electron chi connectivity index (χ3n) is 4.87. The molecule has 1 saturated heterocycles. The molecule has 9 heteroatoms. The van der Waals surface area contributed by atoms with E-state index in [0.717, 1.165) is 27.8 Å². The van der Waals surface area contributed by atoms with E-state index in [1.165, 1.54) is 7.11 Å². The molecule has 0 atom stereocenters. The smallest absolute Gasteiger partial charge is 0.294 e. The fourth-order valence-electron chi connectivity index (χ4n) is 3.26. The SMILES string of the molecule is C=CCc1cc(/C=C2\SC(=O)N(CC(=O)Nc3ccc(C)c(Cl)c3)C2=O)cc(OC)c1OC. The first kappa shape index (κ1) is 24.4. The minimum atomic E-state index is -0.540. The Hall–Kier alpha value is -3.23. The van der Waals surface area contributed by atoms with Crippen molar-refractivity contribution in [2.24, 2.45) is 0 Å². The number of hydrogen-bond donors (Lipinski definition) is 1. The number of hydrogen-bond acceptors (Lipinski definition) is 6. The molecule has 0 aliphatic carbocycles. The van der Waals surface area contributed by atoms with E-state index in [0.29, 0.717) is 34.2 Å². The number of aryl methyl sites for hydroxylation is 1. The fraction of sp³-hybridized carbons (Fsp3) is 0.208. The van der Waals surface area contributed by atoms with Crippen LogP contribution in [0.5, 0.6) is 11.5 Å². The molecule has 172 valence electrons. The van der Waals surface area contributed by atoms with Crippen LogP contribution in [-0.2, 0) is 16.0 Å². The highest BCUT2D eigenvalue weighted by atomic mass is 35.5. The van der Waals surface area contributed by atoms with E-state index in [2.05, 4.69) is 11.9 Å². The van der Waals surface area contributed by atoms with Gasteiger partial charge in [-0.3, -0.25) is 19.3 Å². The van der Waals surface area contributed by atoms with Gasteiger partial charge < -0.3 is 14.8 Å². The predicted molar refractivity (Wildman–Crippen MR) is 131 cm³/mol. The van der Waals surface area contributed by atoms with Crippen LogP contribution in [-0.4, -0.2) is 42.7 Å². The molecule has 1 N–H and O–H groups in total. The van der Waals surface area contributed by atoms with Gasteiger partial charge in [-0.25, -0.2) is 0 Å². The Morgan fingerprint density at radius 3 is 2.61 bits per heavy atom. The van der Waals surface area contributed by atoms with Gasteiger partial charge in [-0.1, -0.05) is 23.7 Å². The number of thioether (sulfide) groups is 1. The lowest BCUT2D eigenvalue weighted by Gasteiger charge is -2.14. The Balaban J connectivity index is 1.79. The Bertz CT molecular complexity index is 1160. The van der Waals surface area contributed by atoms with Gasteiger partial charge in [0.15, 0.2) is 11.5 Å². The number of imide groups is 1. The summed E-state index contributed by atoms with van der Waals surface area (Å²) in [5.41, 5.74) is 2.84. The Morgan fingerprint density at radius 2 is 1.97 bits per heavy atom. The van der Waals surface area contributed by atoms with E-state index >= 15 is 0 Å². The lowest BCUT2D eigenvalue weighted by molar-refractivity contribution is -0.127. The van der Waals surface area contributed by atoms with Gasteiger partial charge in [0.1, 0.15) is 6.54 Å². The average molecular weight is 487 g/mol. The lowest BCUT2D eigenvalue weighted by Crippen LogP contribution is -2.36.